The van der Waals surface area contributed by atoms with Crippen molar-refractivity contribution < 1.29 is 26.3 Å². The molecule has 0 bridgehead atoms. The van der Waals surface area contributed by atoms with Gasteiger partial charge in [-0.3, -0.25) is 0 Å². The molecular formula is C63H45F6N3. The quantitative estimate of drug-likeness (QED) is 0.153. The first-order chi connectivity index (χ1) is 34.4. The van der Waals surface area contributed by atoms with Crippen LogP contribution in [0.4, 0.5) is 26.3 Å². The zero-order valence-electron chi connectivity index (χ0n) is 40.2. The van der Waals surface area contributed by atoms with Gasteiger partial charge in [-0.1, -0.05) is 102 Å². The van der Waals surface area contributed by atoms with E-state index in [1.807, 2.05) is 69.8 Å². The van der Waals surface area contributed by atoms with Crippen molar-refractivity contribution in [1.29, 1.82) is 5.26 Å². The van der Waals surface area contributed by atoms with Gasteiger partial charge in [0, 0.05) is 38.2 Å². The van der Waals surface area contributed by atoms with E-state index in [4.69, 9.17) is 0 Å². The molecule has 0 N–H and O–H groups in total. The molecule has 354 valence electrons. The molecule has 0 saturated heterocycles. The molecule has 0 aliphatic carbocycles. The molecule has 0 amide bonds. The molecular weight excluding hydrogens is 913 g/mol. The summed E-state index contributed by atoms with van der Waals surface area (Å²) in [6.45, 7) is 12.5. The zero-order valence-corrected chi connectivity index (χ0v) is 40.2. The van der Waals surface area contributed by atoms with Crippen molar-refractivity contribution in [2.75, 3.05) is 0 Å². The second-order valence-corrected chi connectivity index (χ2v) is 19.0. The monoisotopic (exact) mass is 957 g/mol. The predicted molar refractivity (Wildman–Crippen MR) is 280 cm³/mol. The molecule has 72 heavy (non-hydrogen) atoms. The van der Waals surface area contributed by atoms with E-state index >= 15 is 26.3 Å². The minimum absolute atomic E-state index is 0.270. The van der Waals surface area contributed by atoms with Crippen molar-refractivity contribution in [1.82, 2.24) is 9.13 Å². The molecule has 11 aromatic rings. The predicted octanol–water partition coefficient (Wildman–Crippen LogP) is 18.3. The molecule has 2 heterocycles. The molecule has 0 atom stereocenters. The van der Waals surface area contributed by atoms with Crippen LogP contribution in [0.15, 0.2) is 164 Å². The van der Waals surface area contributed by atoms with Crippen LogP contribution < -0.4 is 0 Å². The van der Waals surface area contributed by atoms with Crippen LogP contribution in [0.25, 0.3) is 99.5 Å². The van der Waals surface area contributed by atoms with Crippen LogP contribution in [-0.4, -0.2) is 9.13 Å². The first kappa shape index (κ1) is 46.1. The van der Waals surface area contributed by atoms with Gasteiger partial charge in [-0.15, -0.1) is 0 Å². The Hall–Kier alpha value is -8.35. The second-order valence-electron chi connectivity index (χ2n) is 19.0. The fourth-order valence-electron chi connectivity index (χ4n) is 11.5. The smallest absolute Gasteiger partial charge is 0.309 e. The molecule has 3 nitrogen and oxygen atoms in total. The van der Waals surface area contributed by atoms with E-state index in [0.29, 0.717) is 40.2 Å². The number of aromatic nitrogens is 2. The number of fused-ring (bicyclic) bond motifs is 6. The highest BCUT2D eigenvalue weighted by Gasteiger charge is 2.41. The topological polar surface area (TPSA) is 33.6 Å². The third-order valence-corrected chi connectivity index (χ3v) is 14.1. The number of nitrogens with zero attached hydrogens (tertiary/aromatic N) is 3. The Morgan fingerprint density at radius 3 is 1.28 bits per heavy atom. The summed E-state index contributed by atoms with van der Waals surface area (Å²) in [5.74, 6) is 0. The van der Waals surface area contributed by atoms with E-state index in [9.17, 15) is 5.26 Å². The lowest BCUT2D eigenvalue weighted by molar-refractivity contribution is -0.142. The van der Waals surface area contributed by atoms with Gasteiger partial charge >= 0.3 is 12.4 Å². The third-order valence-electron chi connectivity index (χ3n) is 14.1. The van der Waals surface area contributed by atoms with E-state index < -0.39 is 29.0 Å². The maximum Gasteiger partial charge on any atom is 0.417 e. The van der Waals surface area contributed by atoms with Gasteiger partial charge in [-0.2, -0.15) is 31.6 Å². The Morgan fingerprint density at radius 1 is 0.375 bits per heavy atom. The van der Waals surface area contributed by atoms with Crippen molar-refractivity contribution in [2.24, 2.45) is 0 Å². The second kappa shape index (κ2) is 16.9. The van der Waals surface area contributed by atoms with Crippen molar-refractivity contribution in [3.63, 3.8) is 0 Å². The van der Waals surface area contributed by atoms with Gasteiger partial charge in [0.15, 0.2) is 0 Å². The van der Waals surface area contributed by atoms with E-state index in [0.717, 1.165) is 105 Å². The van der Waals surface area contributed by atoms with E-state index in [2.05, 4.69) is 96.1 Å². The Balaban J connectivity index is 1.25. The molecule has 0 saturated carbocycles. The first-order valence-electron chi connectivity index (χ1n) is 23.6. The number of halogens is 6. The number of alkyl halides is 6. The molecule has 9 aromatic carbocycles. The van der Waals surface area contributed by atoms with Gasteiger partial charge in [0.1, 0.15) is 0 Å². The minimum Gasteiger partial charge on any atom is -0.309 e. The number of rotatable bonds is 6. The van der Waals surface area contributed by atoms with Crippen LogP contribution >= 0.6 is 0 Å². The SMILES string of the molecule is Cc1cc(C)c(-c2ccc3c(c2)c2ccccc2n3-c2ccc(-c3c(C(F)(F)F)cccc3C(F)(F)F)cc2-c2ccc(C#N)cc2-n2c3ccccc3c3cc(-c4c(C)cc(C)cc4C)ccc32)c(C)c1. The van der Waals surface area contributed by atoms with Gasteiger partial charge in [0.2, 0.25) is 0 Å². The summed E-state index contributed by atoms with van der Waals surface area (Å²) in [6.07, 6.45) is -10.2. The Bertz CT molecular complexity index is 4020. The Labute approximate surface area is 412 Å². The largest absolute Gasteiger partial charge is 0.417 e. The van der Waals surface area contributed by atoms with Gasteiger partial charge in [0.05, 0.1) is 56.2 Å². The molecule has 11 rings (SSSR count). The standard InChI is InChI=1S/C63H45F6N3/c1-35-26-37(3)59(38(4)27-35)42-19-23-55-48(31-42)45-12-7-9-16-53(45)71(55)56-25-21-44(61-51(62(64,65)66)14-11-15-52(61)63(67,68)69)33-50(56)47-22-18-41(34-70)30-58(47)72-54-17-10-8-13-46(54)49-32-43(20-24-57(49)72)60-39(5)28-36(2)29-40(60)6/h7-33H,1-6H3. The molecule has 0 radical (unpaired) electrons. The summed E-state index contributed by atoms with van der Waals surface area (Å²) in [6, 6.07) is 50.9. The van der Waals surface area contributed by atoms with E-state index in [-0.39, 0.29) is 5.56 Å². The van der Waals surface area contributed by atoms with Crippen molar-refractivity contribution >= 4 is 43.6 Å². The highest BCUT2D eigenvalue weighted by Crippen LogP contribution is 2.48. The summed E-state index contributed by atoms with van der Waals surface area (Å²) < 4.78 is 94.2. The number of para-hydroxylation sites is 2. The number of nitriles is 1. The highest BCUT2D eigenvalue weighted by molar-refractivity contribution is 6.13. The fraction of sp³-hybridized carbons (Fsp3) is 0.127. The minimum atomic E-state index is -5.12. The van der Waals surface area contributed by atoms with Crippen molar-refractivity contribution in [3.8, 4) is 62.0 Å². The van der Waals surface area contributed by atoms with Crippen molar-refractivity contribution in [3.05, 3.63) is 214 Å². The Kier molecular flexibility index (Phi) is 10.8. The normalized spacial score (nSPS) is 12.2. The lowest BCUT2D eigenvalue weighted by atomic mass is 9.90. The Morgan fingerprint density at radius 2 is 0.806 bits per heavy atom. The van der Waals surface area contributed by atoms with Crippen LogP contribution in [0.1, 0.15) is 50.1 Å². The van der Waals surface area contributed by atoms with Crippen molar-refractivity contribution in [2.45, 2.75) is 53.9 Å². The van der Waals surface area contributed by atoms with Crippen LogP contribution in [0.5, 0.6) is 0 Å². The van der Waals surface area contributed by atoms with Gasteiger partial charge in [-0.05, 0) is 164 Å². The van der Waals surface area contributed by atoms with Gasteiger partial charge in [-0.25, -0.2) is 0 Å². The highest BCUT2D eigenvalue weighted by atomic mass is 19.4. The third kappa shape index (κ3) is 7.52. The number of aryl methyl sites for hydroxylation is 6. The number of benzene rings is 9. The maximum atomic E-state index is 15.0. The summed E-state index contributed by atoms with van der Waals surface area (Å²) in [7, 11) is 0. The van der Waals surface area contributed by atoms with Gasteiger partial charge < -0.3 is 9.13 Å². The fourth-order valence-corrected chi connectivity index (χ4v) is 11.5. The van der Waals surface area contributed by atoms with Gasteiger partial charge in [0.25, 0.3) is 0 Å². The average molecular weight is 958 g/mol. The van der Waals surface area contributed by atoms with Crippen LogP contribution in [0, 0.1) is 52.9 Å². The lowest BCUT2D eigenvalue weighted by Gasteiger charge is -2.22. The number of hydrogen-bond donors (Lipinski definition) is 0. The molecule has 0 aliphatic heterocycles. The van der Waals surface area contributed by atoms with Crippen LogP contribution in [0.3, 0.4) is 0 Å². The summed E-state index contributed by atoms with van der Waals surface area (Å²) in [5, 5.41) is 14.2. The summed E-state index contributed by atoms with van der Waals surface area (Å²) in [4.78, 5) is 0. The molecule has 0 spiro atoms. The van der Waals surface area contributed by atoms with E-state index in [1.54, 1.807) is 24.3 Å². The first-order valence-corrected chi connectivity index (χ1v) is 23.6. The zero-order chi connectivity index (χ0) is 50.5. The summed E-state index contributed by atoms with van der Waals surface area (Å²) >= 11 is 0. The molecule has 0 unspecified atom stereocenters. The van der Waals surface area contributed by atoms with Crippen LogP contribution in [0.2, 0.25) is 0 Å². The molecule has 2 aromatic heterocycles. The molecule has 0 fully saturated rings. The van der Waals surface area contributed by atoms with Crippen LogP contribution in [-0.2, 0) is 12.4 Å². The van der Waals surface area contributed by atoms with E-state index in [1.165, 1.54) is 12.1 Å². The summed E-state index contributed by atoms with van der Waals surface area (Å²) in [5.41, 5.74) is 12.4. The molecule has 9 heteroatoms. The molecule has 0 aliphatic rings. The number of hydrogen-bond acceptors (Lipinski definition) is 1. The lowest BCUT2D eigenvalue weighted by Crippen LogP contribution is -2.14. The average Bonchev–Trinajstić information content (AvgIpc) is 3.84. The maximum absolute atomic E-state index is 15.0.